The Bertz CT molecular complexity index is 815. The van der Waals surface area contributed by atoms with Crippen LogP contribution >= 0.6 is 11.6 Å². The van der Waals surface area contributed by atoms with Crippen LogP contribution < -0.4 is 5.73 Å². The summed E-state index contributed by atoms with van der Waals surface area (Å²) in [5, 5.41) is 0.516. The van der Waals surface area contributed by atoms with Crippen molar-refractivity contribution in [1.82, 2.24) is 14.5 Å². The predicted molar refractivity (Wildman–Crippen MR) is 86.2 cm³/mol. The highest BCUT2D eigenvalue weighted by atomic mass is 35.5. The Hall–Kier alpha value is -1.98. The molecular formula is C16H16ClFN4. The number of hydrogen-bond acceptors (Lipinski definition) is 3. The van der Waals surface area contributed by atoms with E-state index in [2.05, 4.69) is 9.97 Å². The van der Waals surface area contributed by atoms with Gasteiger partial charge in [-0.1, -0.05) is 30.7 Å². The van der Waals surface area contributed by atoms with Gasteiger partial charge in [0.25, 0.3) is 0 Å². The summed E-state index contributed by atoms with van der Waals surface area (Å²) >= 11 is 5.99. The first-order valence-electron chi connectivity index (χ1n) is 7.11. The fourth-order valence-corrected chi connectivity index (χ4v) is 2.52. The summed E-state index contributed by atoms with van der Waals surface area (Å²) in [7, 11) is 0. The summed E-state index contributed by atoms with van der Waals surface area (Å²) in [5.74, 6) is 0.343. The zero-order valence-corrected chi connectivity index (χ0v) is 12.9. The van der Waals surface area contributed by atoms with Gasteiger partial charge in [-0.15, -0.1) is 0 Å². The number of fused-ring (bicyclic) bond motifs is 1. The first kappa shape index (κ1) is 14.9. The van der Waals surface area contributed by atoms with Gasteiger partial charge < -0.3 is 10.3 Å². The highest BCUT2D eigenvalue weighted by Gasteiger charge is 2.16. The second-order valence-corrected chi connectivity index (χ2v) is 5.66. The van der Waals surface area contributed by atoms with Gasteiger partial charge in [-0.25, -0.2) is 14.4 Å². The Morgan fingerprint density at radius 3 is 2.91 bits per heavy atom. The van der Waals surface area contributed by atoms with Gasteiger partial charge in [-0.05, 0) is 24.6 Å². The van der Waals surface area contributed by atoms with Gasteiger partial charge in [0.05, 0.1) is 5.02 Å². The number of hydrogen-bond donors (Lipinski definition) is 1. The summed E-state index contributed by atoms with van der Waals surface area (Å²) in [5.41, 5.74) is 8.15. The number of halogens is 2. The minimum Gasteiger partial charge on any atom is -0.326 e. The maximum atomic E-state index is 13.5. The molecule has 0 aliphatic rings. The lowest BCUT2D eigenvalue weighted by atomic mass is 10.2. The second-order valence-electron chi connectivity index (χ2n) is 5.22. The van der Waals surface area contributed by atoms with Crippen molar-refractivity contribution in [3.8, 4) is 11.4 Å². The van der Waals surface area contributed by atoms with E-state index in [1.54, 1.807) is 18.3 Å². The minimum atomic E-state index is -0.304. The number of benzene rings is 1. The van der Waals surface area contributed by atoms with Gasteiger partial charge in [0.1, 0.15) is 17.2 Å². The summed E-state index contributed by atoms with van der Waals surface area (Å²) in [4.78, 5) is 8.92. The normalized spacial score (nSPS) is 12.7. The molecule has 3 aromatic rings. The molecule has 0 aliphatic carbocycles. The van der Waals surface area contributed by atoms with Crippen LogP contribution in [0.3, 0.4) is 0 Å². The molecule has 0 spiro atoms. The largest absolute Gasteiger partial charge is 0.326 e. The maximum Gasteiger partial charge on any atom is 0.160 e. The van der Waals surface area contributed by atoms with Crippen molar-refractivity contribution < 1.29 is 4.39 Å². The molecule has 3 rings (SSSR count). The van der Waals surface area contributed by atoms with Crippen LogP contribution in [0.4, 0.5) is 4.39 Å². The highest BCUT2D eigenvalue weighted by Crippen LogP contribution is 2.26. The van der Waals surface area contributed by atoms with Gasteiger partial charge in [-0.2, -0.15) is 0 Å². The van der Waals surface area contributed by atoms with Gasteiger partial charge in [0, 0.05) is 24.3 Å². The zero-order chi connectivity index (χ0) is 15.7. The molecule has 0 bridgehead atoms. The minimum absolute atomic E-state index is 0.0258. The number of pyridine rings is 1. The van der Waals surface area contributed by atoms with Crippen LogP contribution in [0.5, 0.6) is 0 Å². The Balaban J connectivity index is 2.21. The summed E-state index contributed by atoms with van der Waals surface area (Å²) in [6, 6.07) is 8.07. The van der Waals surface area contributed by atoms with Gasteiger partial charge in [-0.3, -0.25) is 0 Å². The van der Waals surface area contributed by atoms with Crippen LogP contribution in [-0.2, 0) is 6.54 Å². The zero-order valence-electron chi connectivity index (χ0n) is 12.1. The third-order valence-corrected chi connectivity index (χ3v) is 3.78. The van der Waals surface area contributed by atoms with Crippen LogP contribution in [0, 0.1) is 5.82 Å². The summed E-state index contributed by atoms with van der Waals surface area (Å²) in [6.07, 6.45) is 2.41. The Morgan fingerprint density at radius 2 is 2.18 bits per heavy atom. The number of rotatable bonds is 4. The molecule has 0 aliphatic heterocycles. The van der Waals surface area contributed by atoms with Crippen molar-refractivity contribution in [1.29, 1.82) is 0 Å². The quantitative estimate of drug-likeness (QED) is 0.799. The predicted octanol–water partition coefficient (Wildman–Crippen LogP) is 3.63. The average molecular weight is 319 g/mol. The van der Waals surface area contributed by atoms with Crippen molar-refractivity contribution in [2.24, 2.45) is 5.73 Å². The van der Waals surface area contributed by atoms with Gasteiger partial charge >= 0.3 is 0 Å². The van der Waals surface area contributed by atoms with E-state index in [4.69, 9.17) is 17.3 Å². The molecule has 0 fully saturated rings. The molecule has 4 nitrogen and oxygen atoms in total. The SMILES string of the molecule is CCC(N)Cn1c(-c2cccc(F)c2)nc2cc(Cl)cnc21. The van der Waals surface area contributed by atoms with Crippen molar-refractivity contribution in [2.75, 3.05) is 0 Å². The molecule has 0 saturated carbocycles. The first-order valence-corrected chi connectivity index (χ1v) is 7.49. The Labute approximate surface area is 132 Å². The lowest BCUT2D eigenvalue weighted by Crippen LogP contribution is -2.25. The van der Waals surface area contributed by atoms with Crippen LogP contribution in [0.2, 0.25) is 5.02 Å². The Morgan fingerprint density at radius 1 is 1.36 bits per heavy atom. The number of aromatic nitrogens is 3. The maximum absolute atomic E-state index is 13.5. The standard InChI is InChI=1S/C16H16ClFN4/c1-2-13(19)9-22-15(10-4-3-5-12(18)6-10)21-14-7-11(17)8-20-16(14)22/h3-8,13H,2,9,19H2,1H3. The molecule has 0 saturated heterocycles. The van der Waals surface area contributed by atoms with Crippen molar-refractivity contribution in [2.45, 2.75) is 25.9 Å². The van der Waals surface area contributed by atoms with Crippen molar-refractivity contribution >= 4 is 22.8 Å². The topological polar surface area (TPSA) is 56.7 Å². The van der Waals surface area contributed by atoms with Crippen molar-refractivity contribution in [3.05, 3.63) is 47.4 Å². The number of nitrogens with zero attached hydrogens (tertiary/aromatic N) is 3. The molecule has 114 valence electrons. The summed E-state index contributed by atoms with van der Waals surface area (Å²) < 4.78 is 15.5. The number of imidazole rings is 1. The average Bonchev–Trinajstić information content (AvgIpc) is 2.85. The van der Waals surface area contributed by atoms with Crippen LogP contribution in [-0.4, -0.2) is 20.6 Å². The molecule has 2 aromatic heterocycles. The van der Waals surface area contributed by atoms with E-state index < -0.39 is 0 Å². The van der Waals surface area contributed by atoms with E-state index in [-0.39, 0.29) is 11.9 Å². The van der Waals surface area contributed by atoms with Crippen LogP contribution in [0.1, 0.15) is 13.3 Å². The molecule has 1 atom stereocenters. The smallest absolute Gasteiger partial charge is 0.160 e. The molecule has 22 heavy (non-hydrogen) atoms. The van der Waals surface area contributed by atoms with E-state index in [1.165, 1.54) is 12.1 Å². The highest BCUT2D eigenvalue weighted by molar-refractivity contribution is 6.31. The molecule has 6 heteroatoms. The van der Waals surface area contributed by atoms with E-state index >= 15 is 0 Å². The van der Waals surface area contributed by atoms with Gasteiger partial charge in [0.2, 0.25) is 0 Å². The second kappa shape index (κ2) is 6.02. The van der Waals surface area contributed by atoms with E-state index in [9.17, 15) is 4.39 Å². The molecule has 0 amide bonds. The monoisotopic (exact) mass is 318 g/mol. The fourth-order valence-electron chi connectivity index (χ4n) is 2.37. The lowest BCUT2D eigenvalue weighted by molar-refractivity contribution is 0.549. The molecule has 0 radical (unpaired) electrons. The fraction of sp³-hybridized carbons (Fsp3) is 0.250. The van der Waals surface area contributed by atoms with E-state index in [0.717, 1.165) is 6.42 Å². The lowest BCUT2D eigenvalue weighted by Gasteiger charge is -2.13. The van der Waals surface area contributed by atoms with E-state index in [1.807, 2.05) is 17.6 Å². The molecule has 2 N–H and O–H groups in total. The van der Waals surface area contributed by atoms with Crippen molar-refractivity contribution in [3.63, 3.8) is 0 Å². The molecular weight excluding hydrogens is 303 g/mol. The third-order valence-electron chi connectivity index (χ3n) is 3.58. The van der Waals surface area contributed by atoms with E-state index in [0.29, 0.717) is 34.1 Å². The van der Waals surface area contributed by atoms with Crippen LogP contribution in [0.15, 0.2) is 36.5 Å². The Kier molecular flexibility index (Phi) is 4.09. The summed E-state index contributed by atoms with van der Waals surface area (Å²) in [6.45, 7) is 2.59. The molecule has 2 heterocycles. The molecule has 1 aromatic carbocycles. The molecule has 1 unspecified atom stereocenters. The third kappa shape index (κ3) is 2.82. The van der Waals surface area contributed by atoms with Gasteiger partial charge in [0.15, 0.2) is 5.65 Å². The van der Waals surface area contributed by atoms with Crippen LogP contribution in [0.25, 0.3) is 22.6 Å². The number of nitrogens with two attached hydrogens (primary N) is 1. The first-order chi connectivity index (χ1) is 10.6.